The maximum Gasteiger partial charge on any atom is 0.161 e. The summed E-state index contributed by atoms with van der Waals surface area (Å²) in [6.45, 7) is 11.2. The van der Waals surface area contributed by atoms with Gasteiger partial charge in [-0.3, -0.25) is 14.5 Å². The quantitative estimate of drug-likeness (QED) is 0.692. The zero-order chi connectivity index (χ0) is 18.5. The number of Topliss-reactive ketones (excluding diaryl/α,β-unsaturated/α-hetero) is 2. The van der Waals surface area contributed by atoms with Crippen LogP contribution in [0.4, 0.5) is 5.82 Å². The van der Waals surface area contributed by atoms with Gasteiger partial charge in [0.25, 0.3) is 0 Å². The van der Waals surface area contributed by atoms with Crippen molar-refractivity contribution in [2.45, 2.75) is 26.7 Å². The second-order valence-corrected chi connectivity index (χ2v) is 7.67. The van der Waals surface area contributed by atoms with E-state index in [1.165, 1.54) is 12.8 Å². The molecule has 6 heteroatoms. The number of hydrogen-bond donors (Lipinski definition) is 0. The van der Waals surface area contributed by atoms with Gasteiger partial charge in [0.15, 0.2) is 5.78 Å². The molecule has 2 saturated heterocycles. The second kappa shape index (κ2) is 8.73. The van der Waals surface area contributed by atoms with E-state index in [1.807, 2.05) is 12.1 Å². The molecule has 26 heavy (non-hydrogen) atoms. The van der Waals surface area contributed by atoms with Gasteiger partial charge in [-0.1, -0.05) is 0 Å². The van der Waals surface area contributed by atoms with Gasteiger partial charge in [0.1, 0.15) is 11.6 Å². The molecule has 3 rings (SSSR count). The minimum absolute atomic E-state index is 0.0618. The molecule has 2 aliphatic rings. The van der Waals surface area contributed by atoms with Gasteiger partial charge < -0.3 is 9.80 Å². The Kier molecular flexibility index (Phi) is 6.38. The topological polar surface area (TPSA) is 56.8 Å². The lowest BCUT2D eigenvalue weighted by Crippen LogP contribution is -2.48. The van der Waals surface area contributed by atoms with Crippen molar-refractivity contribution in [3.05, 3.63) is 23.9 Å². The molecule has 0 amide bonds. The van der Waals surface area contributed by atoms with Crippen LogP contribution in [0, 0.1) is 5.92 Å². The van der Waals surface area contributed by atoms with Gasteiger partial charge in [-0.15, -0.1) is 0 Å². The summed E-state index contributed by atoms with van der Waals surface area (Å²) in [6.07, 6.45) is 4.11. The van der Waals surface area contributed by atoms with Crippen LogP contribution in [0.5, 0.6) is 0 Å². The van der Waals surface area contributed by atoms with Gasteiger partial charge >= 0.3 is 0 Å². The zero-order valence-electron chi connectivity index (χ0n) is 16.0. The van der Waals surface area contributed by atoms with E-state index in [0.29, 0.717) is 18.0 Å². The Balaban J connectivity index is 1.40. The molecular formula is C20H30N4O2. The fourth-order valence-corrected chi connectivity index (χ4v) is 3.91. The fourth-order valence-electron chi connectivity index (χ4n) is 3.91. The van der Waals surface area contributed by atoms with E-state index in [0.717, 1.165) is 51.6 Å². The maximum absolute atomic E-state index is 11.4. The van der Waals surface area contributed by atoms with Gasteiger partial charge in [-0.05, 0) is 51.3 Å². The Morgan fingerprint density at radius 1 is 1.08 bits per heavy atom. The standard InChI is InChI=1S/C20H30N4O2/c1-16(25)14-23-11-9-22(10-12-23)7-5-18-6-8-24(15-18)20-4-3-19(13-21-20)17(2)26/h3-4,13,18H,5-12,14-15H2,1-2H3. The highest BCUT2D eigenvalue weighted by Crippen LogP contribution is 2.24. The summed E-state index contributed by atoms with van der Waals surface area (Å²) in [5.74, 6) is 2.01. The number of aromatic nitrogens is 1. The fraction of sp³-hybridized carbons (Fsp3) is 0.650. The highest BCUT2D eigenvalue weighted by molar-refractivity contribution is 5.93. The average Bonchev–Trinajstić information content (AvgIpc) is 3.10. The summed E-state index contributed by atoms with van der Waals surface area (Å²) < 4.78 is 0. The molecule has 6 nitrogen and oxygen atoms in total. The predicted octanol–water partition coefficient (Wildman–Crippen LogP) is 1.71. The highest BCUT2D eigenvalue weighted by atomic mass is 16.1. The van der Waals surface area contributed by atoms with Crippen molar-refractivity contribution in [2.75, 3.05) is 57.3 Å². The van der Waals surface area contributed by atoms with Crippen LogP contribution in [-0.2, 0) is 4.79 Å². The molecule has 0 bridgehead atoms. The van der Waals surface area contributed by atoms with Crippen molar-refractivity contribution in [3.63, 3.8) is 0 Å². The van der Waals surface area contributed by atoms with Crippen LogP contribution in [0.1, 0.15) is 37.0 Å². The van der Waals surface area contributed by atoms with Gasteiger partial charge in [-0.25, -0.2) is 4.98 Å². The highest BCUT2D eigenvalue weighted by Gasteiger charge is 2.25. The first kappa shape index (κ1) is 19.0. The molecule has 0 aromatic carbocycles. The summed E-state index contributed by atoms with van der Waals surface area (Å²) in [6, 6.07) is 3.84. The SMILES string of the molecule is CC(=O)CN1CCN(CCC2CCN(c3ccc(C(C)=O)cn3)C2)CC1. The Bertz CT molecular complexity index is 623. The number of carbonyl (C=O) groups excluding carboxylic acids is 2. The number of hydrogen-bond acceptors (Lipinski definition) is 6. The monoisotopic (exact) mass is 358 g/mol. The lowest BCUT2D eigenvalue weighted by atomic mass is 10.0. The first-order chi connectivity index (χ1) is 12.5. The molecule has 0 N–H and O–H groups in total. The molecule has 0 radical (unpaired) electrons. The molecule has 2 aliphatic heterocycles. The number of ketones is 2. The number of anilines is 1. The number of piperazine rings is 1. The third kappa shape index (κ3) is 5.11. The minimum Gasteiger partial charge on any atom is -0.356 e. The molecule has 142 valence electrons. The van der Waals surface area contributed by atoms with Crippen LogP contribution in [-0.4, -0.2) is 78.7 Å². The Labute approximate surface area is 156 Å². The van der Waals surface area contributed by atoms with Crippen LogP contribution >= 0.6 is 0 Å². The second-order valence-electron chi connectivity index (χ2n) is 7.67. The van der Waals surface area contributed by atoms with E-state index in [9.17, 15) is 9.59 Å². The van der Waals surface area contributed by atoms with Crippen LogP contribution in [0.2, 0.25) is 0 Å². The summed E-state index contributed by atoms with van der Waals surface area (Å²) in [4.78, 5) is 34.1. The third-order valence-corrected chi connectivity index (χ3v) is 5.53. The molecule has 2 fully saturated rings. The van der Waals surface area contributed by atoms with Crippen molar-refractivity contribution in [1.82, 2.24) is 14.8 Å². The normalized spacial score (nSPS) is 21.9. The molecule has 1 aromatic rings. The first-order valence-electron chi connectivity index (χ1n) is 9.67. The maximum atomic E-state index is 11.4. The van der Waals surface area contributed by atoms with Crippen molar-refractivity contribution in [3.8, 4) is 0 Å². The predicted molar refractivity (Wildman–Crippen MR) is 103 cm³/mol. The lowest BCUT2D eigenvalue weighted by molar-refractivity contribution is -0.118. The molecule has 0 aliphatic carbocycles. The molecule has 1 atom stereocenters. The van der Waals surface area contributed by atoms with Crippen LogP contribution in [0.25, 0.3) is 0 Å². The number of nitrogens with zero attached hydrogens (tertiary/aromatic N) is 4. The van der Waals surface area contributed by atoms with E-state index in [1.54, 1.807) is 20.0 Å². The average molecular weight is 358 g/mol. The van der Waals surface area contributed by atoms with Crippen LogP contribution < -0.4 is 4.90 Å². The van der Waals surface area contributed by atoms with E-state index in [-0.39, 0.29) is 11.6 Å². The van der Waals surface area contributed by atoms with Gasteiger partial charge in [0.05, 0.1) is 6.54 Å². The van der Waals surface area contributed by atoms with E-state index in [4.69, 9.17) is 0 Å². The van der Waals surface area contributed by atoms with E-state index in [2.05, 4.69) is 19.7 Å². The lowest BCUT2D eigenvalue weighted by Gasteiger charge is -2.34. The van der Waals surface area contributed by atoms with Gasteiger partial charge in [0, 0.05) is 51.0 Å². The van der Waals surface area contributed by atoms with E-state index < -0.39 is 0 Å². The van der Waals surface area contributed by atoms with Crippen molar-refractivity contribution < 1.29 is 9.59 Å². The molecule has 0 saturated carbocycles. The van der Waals surface area contributed by atoms with Crippen LogP contribution in [0.15, 0.2) is 18.3 Å². The van der Waals surface area contributed by atoms with Crippen molar-refractivity contribution in [1.29, 1.82) is 0 Å². The van der Waals surface area contributed by atoms with Crippen LogP contribution in [0.3, 0.4) is 0 Å². The Morgan fingerprint density at radius 3 is 2.42 bits per heavy atom. The molecule has 0 spiro atoms. The molecule has 3 heterocycles. The number of carbonyl (C=O) groups is 2. The molecule has 1 aromatic heterocycles. The van der Waals surface area contributed by atoms with Crippen molar-refractivity contribution >= 4 is 17.4 Å². The summed E-state index contributed by atoms with van der Waals surface area (Å²) in [7, 11) is 0. The first-order valence-corrected chi connectivity index (χ1v) is 9.67. The number of pyridine rings is 1. The molecular weight excluding hydrogens is 328 g/mol. The van der Waals surface area contributed by atoms with Gasteiger partial charge in [-0.2, -0.15) is 0 Å². The largest absolute Gasteiger partial charge is 0.356 e. The minimum atomic E-state index is 0.0618. The summed E-state index contributed by atoms with van der Waals surface area (Å²) in [5, 5.41) is 0. The Morgan fingerprint density at radius 2 is 1.81 bits per heavy atom. The summed E-state index contributed by atoms with van der Waals surface area (Å²) in [5.41, 5.74) is 0.674. The molecule has 1 unspecified atom stereocenters. The van der Waals surface area contributed by atoms with Crippen molar-refractivity contribution in [2.24, 2.45) is 5.92 Å². The van der Waals surface area contributed by atoms with Gasteiger partial charge in [0.2, 0.25) is 0 Å². The number of rotatable bonds is 7. The zero-order valence-corrected chi connectivity index (χ0v) is 16.0. The smallest absolute Gasteiger partial charge is 0.161 e. The summed E-state index contributed by atoms with van der Waals surface area (Å²) >= 11 is 0. The van der Waals surface area contributed by atoms with E-state index >= 15 is 0 Å². The third-order valence-electron chi connectivity index (χ3n) is 5.53. The Hall–Kier alpha value is -1.79.